The lowest BCUT2D eigenvalue weighted by atomic mass is 9.92. The van der Waals surface area contributed by atoms with Gasteiger partial charge >= 0.3 is 0 Å². The van der Waals surface area contributed by atoms with Crippen molar-refractivity contribution in [1.82, 2.24) is 9.62 Å². The summed E-state index contributed by atoms with van der Waals surface area (Å²) in [6.07, 6.45) is 0.778. The van der Waals surface area contributed by atoms with Gasteiger partial charge in [-0.15, -0.1) is 11.3 Å². The van der Waals surface area contributed by atoms with Gasteiger partial charge in [0.2, 0.25) is 10.0 Å². The Morgan fingerprint density at radius 2 is 1.93 bits per heavy atom. The topological polar surface area (TPSA) is 75.7 Å². The lowest BCUT2D eigenvalue weighted by molar-refractivity contribution is 0.0696. The van der Waals surface area contributed by atoms with E-state index in [0.29, 0.717) is 12.1 Å². The van der Waals surface area contributed by atoms with Gasteiger partial charge in [0.1, 0.15) is 10.6 Å². The number of hydrogen-bond acceptors (Lipinski definition) is 5. The quantitative estimate of drug-likeness (QED) is 0.657. The Kier molecular flexibility index (Phi) is 5.64. The third-order valence-electron chi connectivity index (χ3n) is 5.31. The first-order valence-electron chi connectivity index (χ1n) is 9.50. The predicted octanol–water partition coefficient (Wildman–Crippen LogP) is 3.45. The summed E-state index contributed by atoms with van der Waals surface area (Å²) in [5.74, 6) is -0.0183. The minimum Gasteiger partial charge on any atom is -0.495 e. The summed E-state index contributed by atoms with van der Waals surface area (Å²) in [4.78, 5) is 16.6. The molecule has 4 rings (SSSR count). The number of nitrogens with zero attached hydrogens (tertiary/aromatic N) is 1. The van der Waals surface area contributed by atoms with E-state index < -0.39 is 10.0 Å². The Hall–Kier alpha value is -2.68. The SMILES string of the molecule is CNS(=O)(=O)c1cc(C(=O)N2CCc3sccc3[C@H]2c2ccccc2)ccc1OC. The number of methoxy groups -OCH3 is 1. The largest absolute Gasteiger partial charge is 0.495 e. The van der Waals surface area contributed by atoms with Crippen LogP contribution in [0.3, 0.4) is 0 Å². The summed E-state index contributed by atoms with van der Waals surface area (Å²) in [5.41, 5.74) is 2.47. The van der Waals surface area contributed by atoms with Gasteiger partial charge in [0.25, 0.3) is 5.91 Å². The van der Waals surface area contributed by atoms with E-state index in [1.165, 1.54) is 31.2 Å². The Morgan fingerprint density at radius 1 is 1.17 bits per heavy atom. The Labute approximate surface area is 180 Å². The molecule has 1 aromatic heterocycles. The van der Waals surface area contributed by atoms with E-state index in [1.807, 2.05) is 35.2 Å². The maximum atomic E-state index is 13.6. The molecule has 30 heavy (non-hydrogen) atoms. The number of fused-ring (bicyclic) bond motifs is 1. The summed E-state index contributed by atoms with van der Waals surface area (Å²) in [5, 5.41) is 2.06. The van der Waals surface area contributed by atoms with Gasteiger partial charge in [-0.1, -0.05) is 30.3 Å². The normalized spacial score (nSPS) is 16.2. The van der Waals surface area contributed by atoms with Gasteiger partial charge in [-0.3, -0.25) is 4.79 Å². The molecule has 8 heteroatoms. The number of sulfonamides is 1. The molecule has 1 aliphatic rings. The number of thiophene rings is 1. The number of carbonyl (C=O) groups is 1. The van der Waals surface area contributed by atoms with Crippen LogP contribution < -0.4 is 9.46 Å². The van der Waals surface area contributed by atoms with Gasteiger partial charge < -0.3 is 9.64 Å². The van der Waals surface area contributed by atoms with Gasteiger partial charge in [0, 0.05) is 17.0 Å². The van der Waals surface area contributed by atoms with Crippen LogP contribution in [0, 0.1) is 0 Å². The maximum absolute atomic E-state index is 13.6. The van der Waals surface area contributed by atoms with E-state index in [1.54, 1.807) is 17.4 Å². The standard InChI is InChI=1S/C22H22N2O4S2/c1-23-30(26,27)20-14-16(8-9-18(20)28-2)22(25)24-12-10-19-17(11-13-29-19)21(24)15-6-4-3-5-7-15/h3-9,11,13-14,21,23H,10,12H2,1-2H3/t21-/m1/s1. The van der Waals surface area contributed by atoms with Gasteiger partial charge in [-0.25, -0.2) is 13.1 Å². The van der Waals surface area contributed by atoms with Crippen LogP contribution in [0.25, 0.3) is 0 Å². The van der Waals surface area contributed by atoms with Crippen LogP contribution in [0.1, 0.15) is 32.4 Å². The Bertz CT molecular complexity index is 1170. The van der Waals surface area contributed by atoms with Crippen LogP contribution >= 0.6 is 11.3 Å². The number of rotatable bonds is 5. The first kappa shape index (κ1) is 20.6. The zero-order chi connectivity index (χ0) is 21.3. The van der Waals surface area contributed by atoms with Crippen LogP contribution in [0.15, 0.2) is 64.9 Å². The number of carbonyl (C=O) groups excluding carboxylic acids is 1. The van der Waals surface area contributed by atoms with Gasteiger partial charge in [-0.2, -0.15) is 0 Å². The van der Waals surface area contributed by atoms with Crippen LogP contribution in [-0.4, -0.2) is 39.9 Å². The molecule has 2 aromatic carbocycles. The Morgan fingerprint density at radius 3 is 2.63 bits per heavy atom. The van der Waals surface area contributed by atoms with Crippen molar-refractivity contribution in [2.24, 2.45) is 0 Å². The van der Waals surface area contributed by atoms with Crippen LogP contribution in [0.2, 0.25) is 0 Å². The first-order valence-corrected chi connectivity index (χ1v) is 11.9. The minimum atomic E-state index is -3.78. The molecule has 1 amide bonds. The molecule has 0 saturated carbocycles. The summed E-state index contributed by atoms with van der Waals surface area (Å²) in [6.45, 7) is 0.562. The fraction of sp³-hybridized carbons (Fsp3) is 0.227. The van der Waals surface area contributed by atoms with Crippen molar-refractivity contribution in [3.8, 4) is 5.75 Å². The average Bonchev–Trinajstić information content (AvgIpc) is 3.27. The van der Waals surface area contributed by atoms with E-state index in [2.05, 4.69) is 16.2 Å². The molecule has 0 saturated heterocycles. The van der Waals surface area contributed by atoms with E-state index in [4.69, 9.17) is 4.74 Å². The highest BCUT2D eigenvalue weighted by molar-refractivity contribution is 7.89. The molecule has 0 bridgehead atoms. The third-order valence-corrected chi connectivity index (χ3v) is 7.74. The molecule has 1 atom stereocenters. The van der Waals surface area contributed by atoms with Gasteiger partial charge in [0.15, 0.2) is 0 Å². The molecule has 3 aromatic rings. The fourth-order valence-electron chi connectivity index (χ4n) is 3.83. The molecule has 0 unspecified atom stereocenters. The van der Waals surface area contributed by atoms with Crippen molar-refractivity contribution < 1.29 is 17.9 Å². The summed E-state index contributed by atoms with van der Waals surface area (Å²) >= 11 is 1.71. The number of nitrogens with one attached hydrogen (secondary N) is 1. The van der Waals surface area contributed by atoms with Gasteiger partial charge in [-0.05, 0) is 54.2 Å². The lowest BCUT2D eigenvalue weighted by Crippen LogP contribution is -2.40. The van der Waals surface area contributed by atoms with Crippen LogP contribution in [0.5, 0.6) is 5.75 Å². The molecule has 0 aliphatic carbocycles. The van der Waals surface area contributed by atoms with E-state index in [9.17, 15) is 13.2 Å². The summed E-state index contributed by atoms with van der Waals surface area (Å²) < 4.78 is 32.4. The van der Waals surface area contributed by atoms with Crippen LogP contribution in [-0.2, 0) is 16.4 Å². The molecule has 1 aliphatic heterocycles. The third kappa shape index (κ3) is 3.62. The number of hydrogen-bond donors (Lipinski definition) is 1. The van der Waals surface area contributed by atoms with Crippen molar-refractivity contribution in [3.05, 3.63) is 81.5 Å². The highest BCUT2D eigenvalue weighted by Crippen LogP contribution is 2.38. The fourth-order valence-corrected chi connectivity index (χ4v) is 5.65. The van der Waals surface area contributed by atoms with Gasteiger partial charge in [0.05, 0.1) is 13.2 Å². The van der Waals surface area contributed by atoms with E-state index in [-0.39, 0.29) is 22.6 Å². The second-order valence-corrected chi connectivity index (χ2v) is 9.79. The highest BCUT2D eigenvalue weighted by Gasteiger charge is 2.34. The number of benzene rings is 2. The molecule has 0 spiro atoms. The molecular formula is C22H22N2O4S2. The number of ether oxygens (including phenoxy) is 1. The zero-order valence-electron chi connectivity index (χ0n) is 16.7. The monoisotopic (exact) mass is 442 g/mol. The molecule has 0 fully saturated rings. The van der Waals surface area contributed by atoms with Crippen molar-refractivity contribution >= 4 is 27.3 Å². The maximum Gasteiger partial charge on any atom is 0.254 e. The molecule has 2 heterocycles. The smallest absolute Gasteiger partial charge is 0.254 e. The first-order chi connectivity index (χ1) is 14.5. The Balaban J connectivity index is 1.78. The van der Waals surface area contributed by atoms with Crippen molar-refractivity contribution in [2.75, 3.05) is 20.7 Å². The number of amides is 1. The molecule has 1 N–H and O–H groups in total. The molecule has 0 radical (unpaired) electrons. The van der Waals surface area contributed by atoms with Crippen molar-refractivity contribution in [2.45, 2.75) is 17.4 Å². The molecule has 6 nitrogen and oxygen atoms in total. The second-order valence-electron chi connectivity index (χ2n) is 6.93. The molecular weight excluding hydrogens is 420 g/mol. The lowest BCUT2D eigenvalue weighted by Gasteiger charge is -2.36. The van der Waals surface area contributed by atoms with Crippen molar-refractivity contribution in [1.29, 1.82) is 0 Å². The highest BCUT2D eigenvalue weighted by atomic mass is 32.2. The van der Waals surface area contributed by atoms with Crippen LogP contribution in [0.4, 0.5) is 0 Å². The molecule has 156 valence electrons. The summed E-state index contributed by atoms with van der Waals surface area (Å²) in [6, 6.07) is 16.3. The minimum absolute atomic E-state index is 0.0529. The van der Waals surface area contributed by atoms with Crippen molar-refractivity contribution in [3.63, 3.8) is 0 Å². The predicted molar refractivity (Wildman–Crippen MR) is 117 cm³/mol. The van der Waals surface area contributed by atoms with E-state index >= 15 is 0 Å². The van der Waals surface area contributed by atoms with E-state index in [0.717, 1.165) is 17.5 Å². The zero-order valence-corrected chi connectivity index (χ0v) is 18.3. The average molecular weight is 443 g/mol. The second kappa shape index (κ2) is 8.22. The summed E-state index contributed by atoms with van der Waals surface area (Å²) in [7, 11) is -1.04.